The van der Waals surface area contributed by atoms with Crippen LogP contribution in [0.1, 0.15) is 11.1 Å². The number of nitrogens with one attached hydrogen (secondary N) is 2. The molecule has 0 spiro atoms. The Bertz CT molecular complexity index is 241. The van der Waals surface area contributed by atoms with Crippen LogP contribution in [0, 0.1) is 6.92 Å². The molecule has 2 nitrogen and oxygen atoms in total. The smallest absolute Gasteiger partial charge is 0.00767 e. The first kappa shape index (κ1) is 11.2. The maximum atomic E-state index is 3.39. The maximum Gasteiger partial charge on any atom is 0.00767 e. The monoisotopic (exact) mass is 192 g/mol. The van der Waals surface area contributed by atoms with E-state index in [1.165, 1.54) is 11.1 Å². The van der Waals surface area contributed by atoms with Crippen molar-refractivity contribution in [1.29, 1.82) is 0 Å². The third-order valence-electron chi connectivity index (χ3n) is 2.26. The number of hydrogen-bond donors (Lipinski definition) is 2. The molecule has 14 heavy (non-hydrogen) atoms. The second kappa shape index (κ2) is 6.57. The van der Waals surface area contributed by atoms with Gasteiger partial charge in [-0.25, -0.2) is 0 Å². The van der Waals surface area contributed by atoms with Crippen LogP contribution in [0.15, 0.2) is 24.3 Å². The van der Waals surface area contributed by atoms with Crippen LogP contribution < -0.4 is 10.6 Å². The fourth-order valence-corrected chi connectivity index (χ4v) is 1.33. The molecule has 0 unspecified atom stereocenters. The van der Waals surface area contributed by atoms with Crippen molar-refractivity contribution in [2.45, 2.75) is 13.3 Å². The first-order valence-electron chi connectivity index (χ1n) is 5.24. The molecule has 2 heteroatoms. The van der Waals surface area contributed by atoms with Crippen LogP contribution in [0.2, 0.25) is 0 Å². The van der Waals surface area contributed by atoms with Gasteiger partial charge in [0.25, 0.3) is 0 Å². The summed E-state index contributed by atoms with van der Waals surface area (Å²) in [5, 5.41) is 6.50. The molecule has 1 aromatic rings. The van der Waals surface area contributed by atoms with Crippen molar-refractivity contribution < 1.29 is 0 Å². The summed E-state index contributed by atoms with van der Waals surface area (Å²) >= 11 is 0. The van der Waals surface area contributed by atoms with Gasteiger partial charge in [0.1, 0.15) is 0 Å². The lowest BCUT2D eigenvalue weighted by Gasteiger charge is -2.04. The lowest BCUT2D eigenvalue weighted by Crippen LogP contribution is -2.26. The molecule has 78 valence electrons. The predicted octanol–water partition coefficient (Wildman–Crippen LogP) is 1.35. The zero-order valence-electron chi connectivity index (χ0n) is 9.14. The molecule has 0 fully saturated rings. The zero-order valence-corrected chi connectivity index (χ0v) is 9.14. The summed E-state index contributed by atoms with van der Waals surface area (Å²) in [7, 11) is 1.97. The molecule has 0 atom stereocenters. The summed E-state index contributed by atoms with van der Waals surface area (Å²) < 4.78 is 0. The summed E-state index contributed by atoms with van der Waals surface area (Å²) in [5.74, 6) is 0. The number of benzene rings is 1. The Morgan fingerprint density at radius 2 is 1.71 bits per heavy atom. The number of rotatable bonds is 6. The molecule has 0 radical (unpaired) electrons. The zero-order chi connectivity index (χ0) is 10.2. The van der Waals surface area contributed by atoms with E-state index in [1.807, 2.05) is 7.05 Å². The molecular weight excluding hydrogens is 172 g/mol. The molecular formula is C12H20N2. The molecule has 1 aromatic carbocycles. The van der Waals surface area contributed by atoms with Crippen molar-refractivity contribution in [3.63, 3.8) is 0 Å². The van der Waals surface area contributed by atoms with Gasteiger partial charge in [0.15, 0.2) is 0 Å². The summed E-state index contributed by atoms with van der Waals surface area (Å²) in [6, 6.07) is 8.75. The van der Waals surface area contributed by atoms with Crippen LogP contribution in [-0.4, -0.2) is 26.7 Å². The average molecular weight is 192 g/mol. The van der Waals surface area contributed by atoms with Crippen LogP contribution in [0.3, 0.4) is 0 Å². The highest BCUT2D eigenvalue weighted by molar-refractivity contribution is 5.21. The maximum absolute atomic E-state index is 3.39. The minimum Gasteiger partial charge on any atom is -0.318 e. The second-order valence-corrected chi connectivity index (χ2v) is 3.59. The molecule has 0 aliphatic carbocycles. The first-order chi connectivity index (χ1) is 6.83. The third-order valence-corrected chi connectivity index (χ3v) is 2.26. The third kappa shape index (κ3) is 4.40. The largest absolute Gasteiger partial charge is 0.318 e. The second-order valence-electron chi connectivity index (χ2n) is 3.59. The lowest BCUT2D eigenvalue weighted by atomic mass is 10.1. The number of aryl methyl sites for hydroxylation is 1. The van der Waals surface area contributed by atoms with Crippen LogP contribution in [0.25, 0.3) is 0 Å². The van der Waals surface area contributed by atoms with E-state index in [-0.39, 0.29) is 0 Å². The fraction of sp³-hybridized carbons (Fsp3) is 0.500. The standard InChI is InChI=1S/C12H20N2/c1-11-3-5-12(6-4-11)7-8-14-10-9-13-2/h3-6,13-14H,7-10H2,1-2H3. The van der Waals surface area contributed by atoms with Crippen LogP contribution in [-0.2, 0) is 6.42 Å². The predicted molar refractivity (Wildman–Crippen MR) is 61.7 cm³/mol. The Labute approximate surface area is 86.7 Å². The topological polar surface area (TPSA) is 24.1 Å². The minimum atomic E-state index is 1.04. The van der Waals surface area contributed by atoms with Gasteiger partial charge in [-0.1, -0.05) is 29.8 Å². The van der Waals surface area contributed by atoms with Gasteiger partial charge in [-0.15, -0.1) is 0 Å². The highest BCUT2D eigenvalue weighted by Crippen LogP contribution is 2.02. The van der Waals surface area contributed by atoms with Crippen LogP contribution >= 0.6 is 0 Å². The van der Waals surface area contributed by atoms with Gasteiger partial charge in [0.05, 0.1) is 0 Å². The van der Waals surface area contributed by atoms with Gasteiger partial charge < -0.3 is 10.6 Å². The van der Waals surface area contributed by atoms with Crippen LogP contribution in [0.5, 0.6) is 0 Å². The van der Waals surface area contributed by atoms with Crippen molar-refractivity contribution in [2.75, 3.05) is 26.7 Å². The van der Waals surface area contributed by atoms with Gasteiger partial charge in [-0.05, 0) is 32.5 Å². The molecule has 0 saturated heterocycles. The fourth-order valence-electron chi connectivity index (χ4n) is 1.33. The number of hydrogen-bond acceptors (Lipinski definition) is 2. The van der Waals surface area contributed by atoms with Crippen molar-refractivity contribution in [3.8, 4) is 0 Å². The van der Waals surface area contributed by atoms with E-state index in [9.17, 15) is 0 Å². The molecule has 2 N–H and O–H groups in total. The SMILES string of the molecule is CNCCNCCc1ccc(C)cc1. The highest BCUT2D eigenvalue weighted by atomic mass is 14.9. The lowest BCUT2D eigenvalue weighted by molar-refractivity contribution is 0.649. The average Bonchev–Trinajstić information content (AvgIpc) is 2.21. The van der Waals surface area contributed by atoms with Crippen molar-refractivity contribution in [1.82, 2.24) is 10.6 Å². The molecule has 0 amide bonds. The van der Waals surface area contributed by atoms with Gasteiger partial charge in [0.2, 0.25) is 0 Å². The highest BCUT2D eigenvalue weighted by Gasteiger charge is 1.91. The molecule has 0 aromatic heterocycles. The van der Waals surface area contributed by atoms with Gasteiger partial charge in [-0.2, -0.15) is 0 Å². The Kier molecular flexibility index (Phi) is 5.27. The van der Waals surface area contributed by atoms with E-state index in [1.54, 1.807) is 0 Å². The summed E-state index contributed by atoms with van der Waals surface area (Å²) in [6.07, 6.45) is 1.12. The van der Waals surface area contributed by atoms with Crippen molar-refractivity contribution in [2.24, 2.45) is 0 Å². The molecule has 1 rings (SSSR count). The van der Waals surface area contributed by atoms with Crippen LogP contribution in [0.4, 0.5) is 0 Å². The first-order valence-corrected chi connectivity index (χ1v) is 5.24. The molecule has 0 heterocycles. The Morgan fingerprint density at radius 1 is 1.00 bits per heavy atom. The molecule has 0 saturated carbocycles. The molecule has 0 bridgehead atoms. The van der Waals surface area contributed by atoms with Gasteiger partial charge >= 0.3 is 0 Å². The normalized spacial score (nSPS) is 10.4. The minimum absolute atomic E-state index is 1.04. The van der Waals surface area contributed by atoms with E-state index < -0.39 is 0 Å². The summed E-state index contributed by atoms with van der Waals surface area (Å²) in [5.41, 5.74) is 2.74. The van der Waals surface area contributed by atoms with E-state index in [0.29, 0.717) is 0 Å². The van der Waals surface area contributed by atoms with E-state index >= 15 is 0 Å². The number of likely N-dealkylation sites (N-methyl/N-ethyl adjacent to an activating group) is 1. The summed E-state index contributed by atoms with van der Waals surface area (Å²) in [4.78, 5) is 0. The van der Waals surface area contributed by atoms with E-state index in [2.05, 4.69) is 41.8 Å². The summed E-state index contributed by atoms with van der Waals surface area (Å²) in [6.45, 7) is 5.26. The van der Waals surface area contributed by atoms with Crippen molar-refractivity contribution in [3.05, 3.63) is 35.4 Å². The van der Waals surface area contributed by atoms with E-state index in [0.717, 1.165) is 26.1 Å². The Balaban J connectivity index is 2.15. The molecule has 0 aliphatic rings. The van der Waals surface area contributed by atoms with Crippen molar-refractivity contribution >= 4 is 0 Å². The Morgan fingerprint density at radius 3 is 2.36 bits per heavy atom. The molecule has 0 aliphatic heterocycles. The van der Waals surface area contributed by atoms with Gasteiger partial charge in [0, 0.05) is 13.1 Å². The van der Waals surface area contributed by atoms with E-state index in [4.69, 9.17) is 0 Å². The Hall–Kier alpha value is -0.860. The quantitative estimate of drug-likeness (QED) is 0.665. The van der Waals surface area contributed by atoms with Gasteiger partial charge in [-0.3, -0.25) is 0 Å².